The summed E-state index contributed by atoms with van der Waals surface area (Å²) in [5.74, 6) is 2.06. The number of nitrogens with one attached hydrogen (secondary N) is 1. The number of likely N-dealkylation sites (tertiary alicyclic amines) is 1. The number of hydrogen-bond acceptors (Lipinski definition) is 5. The molecule has 0 radical (unpaired) electrons. The summed E-state index contributed by atoms with van der Waals surface area (Å²) in [4.78, 5) is 15.2. The second-order valence-corrected chi connectivity index (χ2v) is 9.09. The molecule has 7 heteroatoms. The molecule has 0 saturated carbocycles. The molecule has 1 heterocycles. The van der Waals surface area contributed by atoms with Crippen LogP contribution in [0.4, 0.5) is 4.39 Å². The van der Waals surface area contributed by atoms with Gasteiger partial charge in [-0.15, -0.1) is 0 Å². The highest BCUT2D eigenvalue weighted by atomic mass is 19.1. The van der Waals surface area contributed by atoms with Gasteiger partial charge in [-0.05, 0) is 42.2 Å². The Morgan fingerprint density at radius 2 is 1.91 bits per heavy atom. The average molecular weight is 459 g/mol. The Labute approximate surface area is 196 Å². The van der Waals surface area contributed by atoms with Crippen molar-refractivity contribution in [3.05, 3.63) is 53.8 Å². The van der Waals surface area contributed by atoms with Crippen LogP contribution in [0.5, 0.6) is 17.2 Å². The largest absolute Gasteiger partial charge is 0.493 e. The van der Waals surface area contributed by atoms with E-state index in [2.05, 4.69) is 24.1 Å². The zero-order chi connectivity index (χ0) is 23.8. The fourth-order valence-corrected chi connectivity index (χ4v) is 4.20. The Morgan fingerprint density at radius 1 is 1.12 bits per heavy atom. The summed E-state index contributed by atoms with van der Waals surface area (Å²) < 4.78 is 30.2. The van der Waals surface area contributed by atoms with Crippen LogP contribution in [0.1, 0.15) is 25.8 Å². The molecular formula is C26H35FN2O4. The number of nitrogens with zero attached hydrogens (tertiary/aromatic N) is 1. The molecule has 1 N–H and O–H groups in total. The van der Waals surface area contributed by atoms with Crippen LogP contribution in [-0.2, 0) is 11.3 Å². The van der Waals surface area contributed by atoms with Crippen LogP contribution in [0.25, 0.3) is 0 Å². The van der Waals surface area contributed by atoms with Gasteiger partial charge in [0.05, 0.1) is 26.7 Å². The Hall–Kier alpha value is -2.80. The highest BCUT2D eigenvalue weighted by Crippen LogP contribution is 2.30. The van der Waals surface area contributed by atoms with Gasteiger partial charge in [-0.25, -0.2) is 4.39 Å². The van der Waals surface area contributed by atoms with Gasteiger partial charge in [-0.1, -0.05) is 26.0 Å². The number of carbonyl (C=O) groups excluding carboxylic acids is 1. The van der Waals surface area contributed by atoms with E-state index < -0.39 is 0 Å². The minimum absolute atomic E-state index is 0.0801. The molecule has 180 valence electrons. The van der Waals surface area contributed by atoms with Gasteiger partial charge in [0.25, 0.3) is 0 Å². The maximum atomic E-state index is 13.5. The molecule has 2 atom stereocenters. The van der Waals surface area contributed by atoms with Crippen LogP contribution >= 0.6 is 0 Å². The first-order chi connectivity index (χ1) is 15.9. The summed E-state index contributed by atoms with van der Waals surface area (Å²) in [5, 5.41) is 3.08. The van der Waals surface area contributed by atoms with Gasteiger partial charge < -0.3 is 19.5 Å². The second kappa shape index (κ2) is 11.9. The second-order valence-electron chi connectivity index (χ2n) is 9.09. The standard InChI is InChI=1S/C26H35FN2O4/c1-18(2)13-28-26(30)21-10-20(17-33-23-7-5-6-22(27)12-23)15-29(16-21)14-19-8-9-24(31-3)25(11-19)32-4/h5-9,11-12,18,20-21H,10,13-17H2,1-4H3,(H,28,30)/t20-,21+/m0/s1. The van der Waals surface area contributed by atoms with E-state index in [1.54, 1.807) is 26.4 Å². The molecule has 1 fully saturated rings. The Bertz CT molecular complexity index is 921. The first kappa shape index (κ1) is 24.8. The summed E-state index contributed by atoms with van der Waals surface area (Å²) >= 11 is 0. The monoisotopic (exact) mass is 458 g/mol. The molecule has 1 aliphatic rings. The molecule has 33 heavy (non-hydrogen) atoms. The van der Waals surface area contributed by atoms with Crippen LogP contribution in [0.2, 0.25) is 0 Å². The summed E-state index contributed by atoms with van der Waals surface area (Å²) in [6.07, 6.45) is 0.738. The fourth-order valence-electron chi connectivity index (χ4n) is 4.20. The van der Waals surface area contributed by atoms with Gasteiger partial charge in [0.1, 0.15) is 11.6 Å². The first-order valence-electron chi connectivity index (χ1n) is 11.5. The van der Waals surface area contributed by atoms with Crippen LogP contribution in [-0.4, -0.2) is 51.3 Å². The number of rotatable bonds is 10. The molecule has 1 aliphatic heterocycles. The van der Waals surface area contributed by atoms with E-state index in [-0.39, 0.29) is 23.6 Å². The molecule has 0 aromatic heterocycles. The number of methoxy groups -OCH3 is 2. The van der Waals surface area contributed by atoms with E-state index in [0.29, 0.717) is 49.4 Å². The van der Waals surface area contributed by atoms with Gasteiger partial charge in [0.15, 0.2) is 11.5 Å². The van der Waals surface area contributed by atoms with E-state index in [9.17, 15) is 9.18 Å². The van der Waals surface area contributed by atoms with Crippen molar-refractivity contribution in [3.8, 4) is 17.2 Å². The maximum absolute atomic E-state index is 13.5. The summed E-state index contributed by atoms with van der Waals surface area (Å²) in [7, 11) is 3.24. The van der Waals surface area contributed by atoms with E-state index in [1.807, 2.05) is 18.2 Å². The Morgan fingerprint density at radius 3 is 2.61 bits per heavy atom. The lowest BCUT2D eigenvalue weighted by atomic mass is 9.88. The molecule has 0 spiro atoms. The predicted octanol–water partition coefficient (Wildman–Crippen LogP) is 4.13. The third-order valence-electron chi connectivity index (χ3n) is 5.80. The van der Waals surface area contributed by atoms with E-state index in [4.69, 9.17) is 14.2 Å². The average Bonchev–Trinajstić information content (AvgIpc) is 2.81. The Balaban J connectivity index is 1.70. The molecule has 2 aromatic rings. The number of ether oxygens (including phenoxy) is 3. The van der Waals surface area contributed by atoms with Crippen molar-refractivity contribution in [1.82, 2.24) is 10.2 Å². The van der Waals surface area contributed by atoms with Crippen molar-refractivity contribution >= 4 is 5.91 Å². The molecule has 2 aromatic carbocycles. The molecule has 1 amide bonds. The lowest BCUT2D eigenvalue weighted by molar-refractivity contribution is -0.128. The smallest absolute Gasteiger partial charge is 0.224 e. The van der Waals surface area contributed by atoms with Crippen LogP contribution < -0.4 is 19.5 Å². The zero-order valence-corrected chi connectivity index (χ0v) is 20.0. The molecule has 0 aliphatic carbocycles. The van der Waals surface area contributed by atoms with Gasteiger partial charge in [0, 0.05) is 38.2 Å². The highest BCUT2D eigenvalue weighted by Gasteiger charge is 2.32. The quantitative estimate of drug-likeness (QED) is 0.580. The third-order valence-corrected chi connectivity index (χ3v) is 5.80. The third kappa shape index (κ3) is 7.35. The van der Waals surface area contributed by atoms with Crippen molar-refractivity contribution in [1.29, 1.82) is 0 Å². The topological polar surface area (TPSA) is 60.0 Å². The first-order valence-corrected chi connectivity index (χ1v) is 11.5. The van der Waals surface area contributed by atoms with Crippen LogP contribution in [0, 0.1) is 23.6 Å². The van der Waals surface area contributed by atoms with E-state index in [0.717, 1.165) is 18.5 Å². The number of piperidine rings is 1. The lowest BCUT2D eigenvalue weighted by Crippen LogP contribution is -2.47. The lowest BCUT2D eigenvalue weighted by Gasteiger charge is -2.37. The SMILES string of the molecule is COc1ccc(CN2C[C@@H](COc3cccc(F)c3)C[C@@H](C(=O)NCC(C)C)C2)cc1OC. The van der Waals surface area contributed by atoms with Gasteiger partial charge >= 0.3 is 0 Å². The van der Waals surface area contributed by atoms with Crippen molar-refractivity contribution < 1.29 is 23.4 Å². The van der Waals surface area contributed by atoms with Crippen LogP contribution in [0.15, 0.2) is 42.5 Å². The molecule has 1 saturated heterocycles. The van der Waals surface area contributed by atoms with E-state index >= 15 is 0 Å². The fraction of sp³-hybridized carbons (Fsp3) is 0.500. The molecule has 3 rings (SSSR count). The Kier molecular flexibility index (Phi) is 8.95. The van der Waals surface area contributed by atoms with E-state index in [1.165, 1.54) is 12.1 Å². The van der Waals surface area contributed by atoms with Crippen LogP contribution in [0.3, 0.4) is 0 Å². The molecule has 0 bridgehead atoms. The molecular weight excluding hydrogens is 423 g/mol. The van der Waals surface area contributed by atoms with Gasteiger partial charge in [-0.3, -0.25) is 9.69 Å². The van der Waals surface area contributed by atoms with Gasteiger partial charge in [-0.2, -0.15) is 0 Å². The zero-order valence-electron chi connectivity index (χ0n) is 20.0. The number of hydrogen-bond donors (Lipinski definition) is 1. The number of amides is 1. The maximum Gasteiger partial charge on any atom is 0.224 e. The molecule has 0 unspecified atom stereocenters. The highest BCUT2D eigenvalue weighted by molar-refractivity contribution is 5.79. The summed E-state index contributed by atoms with van der Waals surface area (Å²) in [6, 6.07) is 12.1. The minimum Gasteiger partial charge on any atom is -0.493 e. The molecule has 6 nitrogen and oxygen atoms in total. The van der Waals surface area contributed by atoms with Crippen molar-refractivity contribution in [2.75, 3.05) is 40.5 Å². The minimum atomic E-state index is -0.322. The van der Waals surface area contributed by atoms with Crippen molar-refractivity contribution in [2.24, 2.45) is 17.8 Å². The number of halogens is 1. The van der Waals surface area contributed by atoms with Crippen molar-refractivity contribution in [2.45, 2.75) is 26.8 Å². The normalized spacial score (nSPS) is 18.7. The van der Waals surface area contributed by atoms with Gasteiger partial charge in [0.2, 0.25) is 5.91 Å². The number of benzene rings is 2. The summed E-state index contributed by atoms with van der Waals surface area (Å²) in [5.41, 5.74) is 1.08. The summed E-state index contributed by atoms with van der Waals surface area (Å²) in [6.45, 7) is 7.41. The predicted molar refractivity (Wildman–Crippen MR) is 126 cm³/mol. The number of carbonyl (C=O) groups is 1. The van der Waals surface area contributed by atoms with Crippen molar-refractivity contribution in [3.63, 3.8) is 0 Å².